The number of ether oxygens (including phenoxy) is 1. The molecule has 0 fully saturated rings. The topological polar surface area (TPSA) is 61.0 Å². The zero-order valence-electron chi connectivity index (χ0n) is 10.5. The minimum absolute atomic E-state index is 0.0482. The lowest BCUT2D eigenvalue weighted by molar-refractivity contribution is 0.291. The van der Waals surface area contributed by atoms with Crippen molar-refractivity contribution in [1.29, 1.82) is 0 Å². The van der Waals surface area contributed by atoms with E-state index in [0.717, 1.165) is 23.6 Å². The molecular weight excluding hydrogens is 226 g/mol. The monoisotopic (exact) mass is 241 g/mol. The minimum Gasteiger partial charge on any atom is -0.492 e. The Bertz CT molecular complexity index is 590. The van der Waals surface area contributed by atoms with Crippen LogP contribution in [0.4, 0.5) is 5.82 Å². The van der Waals surface area contributed by atoms with Crippen molar-refractivity contribution in [3.8, 4) is 17.0 Å². The summed E-state index contributed by atoms with van der Waals surface area (Å²) in [7, 11) is 0. The van der Waals surface area contributed by atoms with Crippen LogP contribution in [-0.2, 0) is 5.41 Å². The van der Waals surface area contributed by atoms with E-state index in [-0.39, 0.29) is 5.41 Å². The van der Waals surface area contributed by atoms with Crippen molar-refractivity contribution >= 4 is 5.82 Å². The number of nitrogens with two attached hydrogens (primary N) is 1. The summed E-state index contributed by atoms with van der Waals surface area (Å²) in [5.41, 5.74) is 8.68. The maximum absolute atomic E-state index is 5.67. The molecule has 0 aliphatic carbocycles. The number of nitrogen functional groups attached to an aromatic ring is 1. The fourth-order valence-electron chi connectivity index (χ4n) is 2.17. The molecule has 1 aromatic carbocycles. The number of nitrogens with zero attached hydrogens (tertiary/aromatic N) is 2. The SMILES string of the molecule is CC1(C)COc2ccc(-c3cnc(N)cn3)cc21. The lowest BCUT2D eigenvalue weighted by atomic mass is 9.86. The highest BCUT2D eigenvalue weighted by atomic mass is 16.5. The molecule has 18 heavy (non-hydrogen) atoms. The van der Waals surface area contributed by atoms with E-state index in [1.807, 2.05) is 12.1 Å². The van der Waals surface area contributed by atoms with Crippen molar-refractivity contribution in [1.82, 2.24) is 9.97 Å². The molecule has 0 saturated carbocycles. The van der Waals surface area contributed by atoms with Gasteiger partial charge in [0, 0.05) is 16.5 Å². The molecular formula is C14H15N3O. The van der Waals surface area contributed by atoms with Gasteiger partial charge < -0.3 is 10.5 Å². The van der Waals surface area contributed by atoms with Crippen molar-refractivity contribution in [2.45, 2.75) is 19.3 Å². The van der Waals surface area contributed by atoms with Crippen LogP contribution in [0.2, 0.25) is 0 Å². The van der Waals surface area contributed by atoms with Crippen LogP contribution >= 0.6 is 0 Å². The summed E-state index contributed by atoms with van der Waals surface area (Å²) in [6, 6.07) is 6.13. The molecule has 4 nitrogen and oxygen atoms in total. The Hall–Kier alpha value is -2.10. The van der Waals surface area contributed by atoms with Gasteiger partial charge in [0.2, 0.25) is 0 Å². The van der Waals surface area contributed by atoms with E-state index in [1.165, 1.54) is 5.56 Å². The van der Waals surface area contributed by atoms with Crippen LogP contribution in [-0.4, -0.2) is 16.6 Å². The molecule has 1 aliphatic heterocycles. The summed E-state index contributed by atoms with van der Waals surface area (Å²) in [4.78, 5) is 8.36. The van der Waals surface area contributed by atoms with Crippen LogP contribution < -0.4 is 10.5 Å². The molecule has 92 valence electrons. The van der Waals surface area contributed by atoms with Crippen molar-refractivity contribution in [2.24, 2.45) is 0 Å². The number of benzene rings is 1. The van der Waals surface area contributed by atoms with E-state index in [4.69, 9.17) is 10.5 Å². The largest absolute Gasteiger partial charge is 0.492 e. The Balaban J connectivity index is 2.08. The minimum atomic E-state index is 0.0482. The third kappa shape index (κ3) is 1.70. The first-order valence-electron chi connectivity index (χ1n) is 5.91. The third-order valence-electron chi connectivity index (χ3n) is 3.26. The summed E-state index contributed by atoms with van der Waals surface area (Å²) < 4.78 is 5.67. The molecule has 0 saturated heterocycles. The molecule has 0 bridgehead atoms. The molecule has 1 aliphatic rings. The summed E-state index contributed by atoms with van der Waals surface area (Å²) in [6.07, 6.45) is 3.27. The molecule has 2 heterocycles. The second-order valence-electron chi connectivity index (χ2n) is 5.21. The van der Waals surface area contributed by atoms with Gasteiger partial charge >= 0.3 is 0 Å². The van der Waals surface area contributed by atoms with Crippen LogP contribution in [0.1, 0.15) is 19.4 Å². The Kier molecular flexibility index (Phi) is 2.26. The first-order valence-corrected chi connectivity index (χ1v) is 5.91. The van der Waals surface area contributed by atoms with Crippen molar-refractivity contribution in [2.75, 3.05) is 12.3 Å². The van der Waals surface area contributed by atoms with E-state index in [2.05, 4.69) is 29.9 Å². The second-order valence-corrected chi connectivity index (χ2v) is 5.21. The van der Waals surface area contributed by atoms with E-state index in [9.17, 15) is 0 Å². The lowest BCUT2D eigenvalue weighted by Gasteiger charge is -2.15. The van der Waals surface area contributed by atoms with Crippen LogP contribution in [0.15, 0.2) is 30.6 Å². The van der Waals surface area contributed by atoms with E-state index in [1.54, 1.807) is 12.4 Å². The number of fused-ring (bicyclic) bond motifs is 1. The molecule has 0 radical (unpaired) electrons. The average Bonchev–Trinajstić information content (AvgIpc) is 2.66. The molecule has 0 atom stereocenters. The normalized spacial score (nSPS) is 16.1. The quantitative estimate of drug-likeness (QED) is 0.832. The van der Waals surface area contributed by atoms with Gasteiger partial charge in [0.1, 0.15) is 11.6 Å². The predicted molar refractivity (Wildman–Crippen MR) is 70.4 cm³/mol. The first kappa shape index (κ1) is 11.0. The average molecular weight is 241 g/mol. The molecule has 2 aromatic rings. The van der Waals surface area contributed by atoms with Gasteiger partial charge in [-0.05, 0) is 18.2 Å². The molecule has 2 N–H and O–H groups in total. The predicted octanol–water partition coefficient (Wildman–Crippen LogP) is 2.40. The maximum Gasteiger partial charge on any atom is 0.141 e. The highest BCUT2D eigenvalue weighted by molar-refractivity contribution is 5.63. The summed E-state index contributed by atoms with van der Waals surface area (Å²) in [6.45, 7) is 5.08. The summed E-state index contributed by atoms with van der Waals surface area (Å²) >= 11 is 0. The molecule has 0 spiro atoms. The standard InChI is InChI=1S/C14H15N3O/c1-14(2)8-18-12-4-3-9(5-10(12)14)11-6-17-13(15)7-16-11/h3-7H,8H2,1-2H3,(H2,15,17). The third-order valence-corrected chi connectivity index (χ3v) is 3.26. The Morgan fingerprint density at radius 1 is 1.22 bits per heavy atom. The van der Waals surface area contributed by atoms with Crippen molar-refractivity contribution < 1.29 is 4.74 Å². The lowest BCUT2D eigenvalue weighted by Crippen LogP contribution is -2.18. The van der Waals surface area contributed by atoms with Gasteiger partial charge in [0.05, 0.1) is 24.7 Å². The molecule has 0 unspecified atom stereocenters. The second kappa shape index (κ2) is 3.70. The Morgan fingerprint density at radius 3 is 2.78 bits per heavy atom. The van der Waals surface area contributed by atoms with Gasteiger partial charge in [-0.3, -0.25) is 4.98 Å². The van der Waals surface area contributed by atoms with Gasteiger partial charge in [-0.25, -0.2) is 4.98 Å². The number of anilines is 1. The Morgan fingerprint density at radius 2 is 2.06 bits per heavy atom. The zero-order valence-corrected chi connectivity index (χ0v) is 10.5. The van der Waals surface area contributed by atoms with Gasteiger partial charge in [-0.1, -0.05) is 13.8 Å². The summed E-state index contributed by atoms with van der Waals surface area (Å²) in [5, 5.41) is 0. The molecule has 0 amide bonds. The summed E-state index contributed by atoms with van der Waals surface area (Å²) in [5.74, 6) is 1.40. The zero-order chi connectivity index (χ0) is 12.8. The van der Waals surface area contributed by atoms with Gasteiger partial charge in [0.25, 0.3) is 0 Å². The van der Waals surface area contributed by atoms with E-state index < -0.39 is 0 Å². The fraction of sp³-hybridized carbons (Fsp3) is 0.286. The van der Waals surface area contributed by atoms with E-state index >= 15 is 0 Å². The van der Waals surface area contributed by atoms with Gasteiger partial charge in [-0.15, -0.1) is 0 Å². The Labute approximate surface area is 106 Å². The maximum atomic E-state index is 5.67. The van der Waals surface area contributed by atoms with Crippen LogP contribution in [0.25, 0.3) is 11.3 Å². The molecule has 1 aromatic heterocycles. The van der Waals surface area contributed by atoms with E-state index in [0.29, 0.717) is 5.82 Å². The highest BCUT2D eigenvalue weighted by Gasteiger charge is 2.31. The van der Waals surface area contributed by atoms with Crippen molar-refractivity contribution in [3.05, 3.63) is 36.2 Å². The first-order chi connectivity index (χ1) is 8.56. The number of hydrogen-bond donors (Lipinski definition) is 1. The van der Waals surface area contributed by atoms with Crippen molar-refractivity contribution in [3.63, 3.8) is 0 Å². The van der Waals surface area contributed by atoms with Gasteiger partial charge in [-0.2, -0.15) is 0 Å². The van der Waals surface area contributed by atoms with Crippen LogP contribution in [0.3, 0.4) is 0 Å². The fourth-order valence-corrected chi connectivity index (χ4v) is 2.17. The number of hydrogen-bond acceptors (Lipinski definition) is 4. The van der Waals surface area contributed by atoms with Crippen LogP contribution in [0, 0.1) is 0 Å². The number of rotatable bonds is 1. The molecule has 4 heteroatoms. The molecule has 3 rings (SSSR count). The van der Waals surface area contributed by atoms with Crippen LogP contribution in [0.5, 0.6) is 5.75 Å². The number of aromatic nitrogens is 2. The highest BCUT2D eigenvalue weighted by Crippen LogP contribution is 2.40. The smallest absolute Gasteiger partial charge is 0.141 e. The van der Waals surface area contributed by atoms with Gasteiger partial charge in [0.15, 0.2) is 0 Å².